The second-order valence-electron chi connectivity index (χ2n) is 7.86. The second-order valence-corrected chi connectivity index (χ2v) is 7.86. The van der Waals surface area contributed by atoms with Crippen molar-refractivity contribution in [2.24, 2.45) is 0 Å². The van der Waals surface area contributed by atoms with E-state index in [1.807, 2.05) is 0 Å². The lowest BCUT2D eigenvalue weighted by Crippen LogP contribution is -2.53. The molecule has 0 spiro atoms. The van der Waals surface area contributed by atoms with Gasteiger partial charge in [-0.15, -0.1) is 10.2 Å². The minimum Gasteiger partial charge on any atom is -0.479 e. The van der Waals surface area contributed by atoms with Crippen LogP contribution in [-0.2, 0) is 6.54 Å². The van der Waals surface area contributed by atoms with Crippen molar-refractivity contribution in [3.05, 3.63) is 30.2 Å². The van der Waals surface area contributed by atoms with Gasteiger partial charge in [0.05, 0.1) is 47.6 Å². The number of hydrogen-bond acceptors (Lipinski definition) is 7. The zero-order valence-electron chi connectivity index (χ0n) is 23.5. The summed E-state index contributed by atoms with van der Waals surface area (Å²) in [6.07, 6.45) is 0.606. The molecule has 1 saturated heterocycles. The van der Waals surface area contributed by atoms with Gasteiger partial charge in [0, 0.05) is 10.7 Å². The summed E-state index contributed by atoms with van der Waals surface area (Å²) >= 11 is 0. The molecule has 9 nitrogen and oxygen atoms in total. The lowest BCUT2D eigenvalue weighted by molar-refractivity contribution is -0.0675. The Kier molecular flexibility index (Phi) is 3.99. The maximum Gasteiger partial charge on any atom is 0.280 e. The number of likely N-dealkylation sites (tertiary alicyclic amines) is 1. The van der Waals surface area contributed by atoms with Crippen molar-refractivity contribution in [3.63, 3.8) is 0 Å². The van der Waals surface area contributed by atoms with E-state index in [-0.39, 0.29) is 36.2 Å². The van der Waals surface area contributed by atoms with E-state index in [1.165, 1.54) is 22.9 Å². The average molecular weight is 484 g/mol. The first-order valence-electron chi connectivity index (χ1n) is 13.2. The SMILES string of the molecule is [2H]C([2H])([2H])Oc1nc(N[C@@H]2CCN(C([2H])([2H])[2H])CC2(F)F)nn2cc(F)c(-c3ccc4nnn(CCF)c4c3)c12. The molecule has 0 bridgehead atoms. The van der Waals surface area contributed by atoms with Gasteiger partial charge >= 0.3 is 0 Å². The van der Waals surface area contributed by atoms with Crippen LogP contribution < -0.4 is 10.1 Å². The highest BCUT2D eigenvalue weighted by molar-refractivity contribution is 5.89. The van der Waals surface area contributed by atoms with E-state index in [4.69, 9.17) is 13.0 Å². The van der Waals surface area contributed by atoms with Crippen LogP contribution in [0.1, 0.15) is 14.6 Å². The highest BCUT2D eigenvalue weighted by atomic mass is 19.3. The molecule has 0 amide bonds. The van der Waals surface area contributed by atoms with Crippen LogP contribution >= 0.6 is 0 Å². The lowest BCUT2D eigenvalue weighted by Gasteiger charge is -2.36. The predicted octanol–water partition coefficient (Wildman–Crippen LogP) is 3.01. The molecule has 0 saturated carbocycles. The summed E-state index contributed by atoms with van der Waals surface area (Å²) in [6, 6.07) is 2.88. The molecule has 1 fully saturated rings. The van der Waals surface area contributed by atoms with Crippen LogP contribution in [0.5, 0.6) is 5.88 Å². The Morgan fingerprint density at radius 1 is 1.35 bits per heavy atom. The first-order chi connectivity index (χ1) is 18.7. The number of aromatic nitrogens is 6. The fourth-order valence-electron chi connectivity index (χ4n) is 4.07. The van der Waals surface area contributed by atoms with Crippen molar-refractivity contribution in [1.29, 1.82) is 0 Å². The van der Waals surface area contributed by atoms with Crippen LogP contribution in [0.3, 0.4) is 0 Å². The third-order valence-electron chi connectivity index (χ3n) is 5.65. The van der Waals surface area contributed by atoms with Crippen molar-refractivity contribution < 1.29 is 30.5 Å². The lowest BCUT2D eigenvalue weighted by atomic mass is 10.0. The fraction of sp³-hybridized carbons (Fsp3) is 0.429. The van der Waals surface area contributed by atoms with Gasteiger partial charge in [0.15, 0.2) is 5.82 Å². The van der Waals surface area contributed by atoms with Crippen molar-refractivity contribution in [2.45, 2.75) is 24.9 Å². The smallest absolute Gasteiger partial charge is 0.280 e. The van der Waals surface area contributed by atoms with Crippen molar-refractivity contribution in [1.82, 2.24) is 34.5 Å². The van der Waals surface area contributed by atoms with E-state index >= 15 is 4.39 Å². The third-order valence-corrected chi connectivity index (χ3v) is 5.65. The van der Waals surface area contributed by atoms with Crippen molar-refractivity contribution in [2.75, 3.05) is 39.1 Å². The summed E-state index contributed by atoms with van der Waals surface area (Å²) in [5.74, 6) is -5.48. The molecular formula is C21H22F4N8O. The zero-order chi connectivity index (χ0) is 29.0. The number of benzene rings is 1. The molecule has 3 aromatic heterocycles. The highest BCUT2D eigenvalue weighted by Gasteiger charge is 2.44. The Bertz CT molecular complexity index is 1560. The summed E-state index contributed by atoms with van der Waals surface area (Å²) in [4.78, 5) is 4.66. The van der Waals surface area contributed by atoms with E-state index in [2.05, 4.69) is 25.7 Å². The van der Waals surface area contributed by atoms with Gasteiger partial charge in [-0.05, 0) is 31.1 Å². The van der Waals surface area contributed by atoms with E-state index in [9.17, 15) is 13.2 Å². The van der Waals surface area contributed by atoms with Gasteiger partial charge in [0.2, 0.25) is 11.8 Å². The molecule has 1 aliphatic rings. The maximum atomic E-state index is 15.4. The Morgan fingerprint density at radius 3 is 3.00 bits per heavy atom. The minimum absolute atomic E-state index is 0.0968. The van der Waals surface area contributed by atoms with Crippen molar-refractivity contribution >= 4 is 22.5 Å². The summed E-state index contributed by atoms with van der Waals surface area (Å²) in [5, 5.41) is 14.3. The Balaban J connectivity index is 1.57. The largest absolute Gasteiger partial charge is 0.479 e. The summed E-state index contributed by atoms with van der Waals surface area (Å²) in [5.41, 5.74) is 0.660. The number of nitrogens with one attached hydrogen (secondary N) is 1. The number of hydrogen-bond donors (Lipinski definition) is 1. The number of anilines is 1. The van der Waals surface area contributed by atoms with Gasteiger partial charge in [-0.2, -0.15) is 4.98 Å². The molecule has 0 aliphatic carbocycles. The first kappa shape index (κ1) is 16.2. The van der Waals surface area contributed by atoms with Crippen LogP contribution in [0, 0.1) is 5.82 Å². The molecule has 0 unspecified atom stereocenters. The summed E-state index contributed by atoms with van der Waals surface area (Å²) in [7, 11) is -3.05. The maximum absolute atomic E-state index is 15.4. The van der Waals surface area contributed by atoms with E-state index < -0.39 is 56.8 Å². The summed E-state index contributed by atoms with van der Waals surface area (Å²) in [6.45, 7) is -4.75. The number of aryl methyl sites for hydroxylation is 1. The predicted molar refractivity (Wildman–Crippen MR) is 116 cm³/mol. The first-order valence-corrected chi connectivity index (χ1v) is 10.2. The number of alkyl halides is 3. The van der Waals surface area contributed by atoms with Gasteiger partial charge < -0.3 is 15.0 Å². The summed E-state index contributed by atoms with van der Waals surface area (Å²) < 4.78 is 110. The zero-order valence-corrected chi connectivity index (χ0v) is 17.5. The van der Waals surface area contributed by atoms with Gasteiger partial charge in [0.25, 0.3) is 5.92 Å². The standard InChI is InChI=1S/C21H22F4N8O/c1-31-7-5-16(21(24,25)11-31)26-20-27-19(34-2)18-17(13(23)10-33(18)29-20)12-3-4-14-15(9-12)32(8-6-22)30-28-14/h3-4,9-10,16H,5-8,11H2,1-2H3,(H,26,29)/t16-/m1/s1/i1D3,2D3. The molecular weight excluding hydrogens is 456 g/mol. The topological polar surface area (TPSA) is 85.4 Å². The number of methoxy groups -OCH3 is 1. The van der Waals surface area contributed by atoms with E-state index in [1.54, 1.807) is 0 Å². The van der Waals surface area contributed by atoms with Crippen LogP contribution in [-0.4, -0.2) is 80.2 Å². The minimum atomic E-state index is -3.52. The quantitative estimate of drug-likeness (QED) is 0.421. The van der Waals surface area contributed by atoms with Crippen LogP contribution in [0.4, 0.5) is 23.5 Å². The Hall–Kier alpha value is -3.48. The molecule has 1 N–H and O–H groups in total. The van der Waals surface area contributed by atoms with Crippen LogP contribution in [0.25, 0.3) is 27.7 Å². The Morgan fingerprint density at radius 2 is 2.24 bits per heavy atom. The monoisotopic (exact) mass is 484 g/mol. The van der Waals surface area contributed by atoms with Gasteiger partial charge in [0.1, 0.15) is 17.7 Å². The van der Waals surface area contributed by atoms with Gasteiger partial charge in [-0.3, -0.25) is 0 Å². The molecule has 34 heavy (non-hydrogen) atoms. The molecule has 13 heteroatoms. The number of rotatable bonds is 6. The number of fused-ring (bicyclic) bond motifs is 2. The van der Waals surface area contributed by atoms with Gasteiger partial charge in [-0.25, -0.2) is 26.8 Å². The molecule has 180 valence electrons. The average Bonchev–Trinajstić information content (AvgIpc) is 3.38. The second kappa shape index (κ2) is 8.38. The molecule has 1 aliphatic heterocycles. The molecule has 1 aromatic carbocycles. The molecule has 4 heterocycles. The number of ether oxygens (including phenoxy) is 1. The number of nitrogens with zero attached hydrogens (tertiary/aromatic N) is 7. The molecule has 4 aromatic rings. The molecule has 1 atom stereocenters. The number of piperidine rings is 1. The Labute approximate surface area is 199 Å². The third kappa shape index (κ3) is 3.79. The number of halogens is 4. The van der Waals surface area contributed by atoms with Crippen LogP contribution in [0.15, 0.2) is 24.4 Å². The fourth-order valence-corrected chi connectivity index (χ4v) is 4.07. The van der Waals surface area contributed by atoms with Crippen LogP contribution in [0.2, 0.25) is 0 Å². The molecule has 5 rings (SSSR count). The highest BCUT2D eigenvalue weighted by Crippen LogP contribution is 2.36. The van der Waals surface area contributed by atoms with Gasteiger partial charge in [-0.1, -0.05) is 11.3 Å². The van der Waals surface area contributed by atoms with E-state index in [0.717, 1.165) is 10.7 Å². The van der Waals surface area contributed by atoms with E-state index in [0.29, 0.717) is 15.9 Å². The normalized spacial score (nSPS) is 21.9. The van der Waals surface area contributed by atoms with Crippen molar-refractivity contribution in [3.8, 4) is 17.0 Å². The molecule has 0 radical (unpaired) electrons.